The van der Waals surface area contributed by atoms with Crippen molar-refractivity contribution < 1.29 is 19.0 Å². The Labute approximate surface area is 92.7 Å². The number of aliphatic hydroxyl groups excluding tert-OH is 2. The van der Waals surface area contributed by atoms with Crippen molar-refractivity contribution >= 4 is 0 Å². The van der Waals surface area contributed by atoms with Crippen LogP contribution in [0.3, 0.4) is 0 Å². The van der Waals surface area contributed by atoms with Crippen molar-refractivity contribution in [1.29, 1.82) is 0 Å². The van der Waals surface area contributed by atoms with E-state index in [2.05, 4.69) is 5.32 Å². The van der Waals surface area contributed by atoms with Gasteiger partial charge < -0.3 is 15.5 Å². The molecule has 0 aromatic heterocycles. The fourth-order valence-electron chi connectivity index (χ4n) is 1.23. The standard InChI is InChI=1S/C11H15F2NO2/c12-11(13)9-3-1-8(2-4-9)5-14-6-10(16)7-15/h1-4,10-11,14-16H,5-7H2. The zero-order chi connectivity index (χ0) is 12.0. The lowest BCUT2D eigenvalue weighted by molar-refractivity contribution is 0.0942. The van der Waals surface area contributed by atoms with Gasteiger partial charge in [-0.1, -0.05) is 24.3 Å². The molecule has 0 amide bonds. The number of hydrogen-bond donors (Lipinski definition) is 3. The normalized spacial score (nSPS) is 13.1. The zero-order valence-corrected chi connectivity index (χ0v) is 8.74. The van der Waals surface area contributed by atoms with Crippen LogP contribution in [0.5, 0.6) is 0 Å². The second-order valence-electron chi connectivity index (χ2n) is 3.51. The van der Waals surface area contributed by atoms with Gasteiger partial charge in [0.05, 0.1) is 12.7 Å². The van der Waals surface area contributed by atoms with Gasteiger partial charge >= 0.3 is 0 Å². The van der Waals surface area contributed by atoms with E-state index in [0.29, 0.717) is 6.54 Å². The molecular formula is C11H15F2NO2. The quantitative estimate of drug-likeness (QED) is 0.686. The minimum atomic E-state index is -2.45. The van der Waals surface area contributed by atoms with E-state index in [-0.39, 0.29) is 18.7 Å². The maximum atomic E-state index is 12.2. The van der Waals surface area contributed by atoms with Gasteiger partial charge in [0.1, 0.15) is 0 Å². The minimum Gasteiger partial charge on any atom is -0.394 e. The second-order valence-corrected chi connectivity index (χ2v) is 3.51. The highest BCUT2D eigenvalue weighted by Gasteiger charge is 2.06. The second kappa shape index (κ2) is 6.52. The summed E-state index contributed by atoms with van der Waals surface area (Å²) >= 11 is 0. The summed E-state index contributed by atoms with van der Waals surface area (Å²) in [6, 6.07) is 5.98. The third kappa shape index (κ3) is 4.22. The molecule has 0 aliphatic rings. The van der Waals surface area contributed by atoms with Crippen molar-refractivity contribution in [3.8, 4) is 0 Å². The predicted octanol–water partition coefficient (Wildman–Crippen LogP) is 1.07. The molecule has 0 radical (unpaired) electrons. The van der Waals surface area contributed by atoms with Crippen LogP contribution in [0.2, 0.25) is 0 Å². The maximum absolute atomic E-state index is 12.2. The summed E-state index contributed by atoms with van der Waals surface area (Å²) in [5.41, 5.74) is 0.855. The molecule has 0 heterocycles. The van der Waals surface area contributed by atoms with Gasteiger partial charge in [0.15, 0.2) is 0 Å². The number of hydrogen-bond acceptors (Lipinski definition) is 3. The Hall–Kier alpha value is -1.04. The van der Waals surface area contributed by atoms with E-state index in [0.717, 1.165) is 5.56 Å². The molecule has 0 saturated carbocycles. The Morgan fingerprint density at radius 2 is 1.81 bits per heavy atom. The number of aliphatic hydroxyl groups is 2. The summed E-state index contributed by atoms with van der Waals surface area (Å²) in [6.45, 7) is 0.449. The van der Waals surface area contributed by atoms with E-state index in [4.69, 9.17) is 10.2 Å². The third-order valence-electron chi connectivity index (χ3n) is 2.15. The van der Waals surface area contributed by atoms with Gasteiger partial charge in [-0.2, -0.15) is 0 Å². The van der Waals surface area contributed by atoms with E-state index in [1.807, 2.05) is 0 Å². The van der Waals surface area contributed by atoms with Crippen molar-refractivity contribution in [3.05, 3.63) is 35.4 Å². The van der Waals surface area contributed by atoms with Gasteiger partial charge in [0.25, 0.3) is 6.43 Å². The van der Waals surface area contributed by atoms with Crippen LogP contribution in [-0.4, -0.2) is 29.5 Å². The zero-order valence-electron chi connectivity index (χ0n) is 8.74. The summed E-state index contributed by atoms with van der Waals surface area (Å²) in [6.07, 6.45) is -3.24. The van der Waals surface area contributed by atoms with Gasteiger partial charge in [-0.25, -0.2) is 8.78 Å². The number of nitrogens with one attached hydrogen (secondary N) is 1. The molecule has 0 spiro atoms. The van der Waals surface area contributed by atoms with Gasteiger partial charge in [0, 0.05) is 18.7 Å². The summed E-state index contributed by atoms with van der Waals surface area (Å²) in [5, 5.41) is 20.5. The lowest BCUT2D eigenvalue weighted by Crippen LogP contribution is -2.28. The Bertz CT molecular complexity index is 303. The molecule has 0 aliphatic heterocycles. The molecule has 0 fully saturated rings. The van der Waals surface area contributed by atoms with Crippen molar-refractivity contribution in [2.24, 2.45) is 0 Å². The monoisotopic (exact) mass is 231 g/mol. The van der Waals surface area contributed by atoms with Crippen molar-refractivity contribution in [2.45, 2.75) is 19.1 Å². The molecule has 5 heteroatoms. The Kier molecular flexibility index (Phi) is 5.31. The van der Waals surface area contributed by atoms with Crippen LogP contribution in [0.1, 0.15) is 17.6 Å². The first-order valence-electron chi connectivity index (χ1n) is 5.00. The first-order valence-corrected chi connectivity index (χ1v) is 5.00. The average Bonchev–Trinajstić information content (AvgIpc) is 2.29. The first kappa shape index (κ1) is 13.0. The van der Waals surface area contributed by atoms with Crippen molar-refractivity contribution in [1.82, 2.24) is 5.32 Å². The van der Waals surface area contributed by atoms with E-state index < -0.39 is 12.5 Å². The third-order valence-corrected chi connectivity index (χ3v) is 2.15. The predicted molar refractivity (Wildman–Crippen MR) is 56.2 cm³/mol. The molecule has 1 aromatic carbocycles. The molecule has 3 nitrogen and oxygen atoms in total. The van der Waals surface area contributed by atoms with Crippen LogP contribution in [-0.2, 0) is 6.54 Å². The van der Waals surface area contributed by atoms with Crippen LogP contribution >= 0.6 is 0 Å². The molecule has 1 unspecified atom stereocenters. The Balaban J connectivity index is 2.38. The summed E-state index contributed by atoms with van der Waals surface area (Å²) in [4.78, 5) is 0. The molecule has 1 rings (SSSR count). The molecule has 1 aromatic rings. The van der Waals surface area contributed by atoms with Crippen LogP contribution < -0.4 is 5.32 Å². The van der Waals surface area contributed by atoms with Gasteiger partial charge in [-0.15, -0.1) is 0 Å². The highest BCUT2D eigenvalue weighted by molar-refractivity contribution is 5.23. The SMILES string of the molecule is OCC(O)CNCc1ccc(C(F)F)cc1. The summed E-state index contributed by atoms with van der Waals surface area (Å²) < 4.78 is 24.5. The van der Waals surface area contributed by atoms with Gasteiger partial charge in [-0.05, 0) is 5.56 Å². The summed E-state index contributed by atoms with van der Waals surface area (Å²) in [7, 11) is 0. The van der Waals surface area contributed by atoms with Crippen LogP contribution in [0, 0.1) is 0 Å². The molecular weight excluding hydrogens is 216 g/mol. The smallest absolute Gasteiger partial charge is 0.263 e. The van der Waals surface area contributed by atoms with E-state index in [1.54, 1.807) is 12.1 Å². The minimum absolute atomic E-state index is 0.000794. The summed E-state index contributed by atoms with van der Waals surface area (Å²) in [5.74, 6) is 0. The fraction of sp³-hybridized carbons (Fsp3) is 0.455. The van der Waals surface area contributed by atoms with Gasteiger partial charge in [-0.3, -0.25) is 0 Å². The fourth-order valence-corrected chi connectivity index (χ4v) is 1.23. The highest BCUT2D eigenvalue weighted by atomic mass is 19.3. The van der Waals surface area contributed by atoms with E-state index in [1.165, 1.54) is 12.1 Å². The highest BCUT2D eigenvalue weighted by Crippen LogP contribution is 2.18. The van der Waals surface area contributed by atoms with Crippen LogP contribution in [0.15, 0.2) is 24.3 Å². The van der Waals surface area contributed by atoms with Crippen LogP contribution in [0.4, 0.5) is 8.78 Å². The van der Waals surface area contributed by atoms with Gasteiger partial charge in [0.2, 0.25) is 0 Å². The van der Waals surface area contributed by atoms with Crippen molar-refractivity contribution in [3.63, 3.8) is 0 Å². The molecule has 16 heavy (non-hydrogen) atoms. The lowest BCUT2D eigenvalue weighted by Gasteiger charge is -2.09. The van der Waals surface area contributed by atoms with E-state index in [9.17, 15) is 8.78 Å². The Morgan fingerprint density at radius 1 is 1.19 bits per heavy atom. The first-order chi connectivity index (χ1) is 7.63. The van der Waals surface area contributed by atoms with Crippen molar-refractivity contribution in [2.75, 3.05) is 13.2 Å². The average molecular weight is 231 g/mol. The molecule has 1 atom stereocenters. The van der Waals surface area contributed by atoms with Crippen LogP contribution in [0.25, 0.3) is 0 Å². The Morgan fingerprint density at radius 3 is 2.31 bits per heavy atom. The topological polar surface area (TPSA) is 52.5 Å². The number of halogens is 2. The number of benzene rings is 1. The molecule has 0 bridgehead atoms. The molecule has 90 valence electrons. The molecule has 0 aliphatic carbocycles. The van der Waals surface area contributed by atoms with E-state index >= 15 is 0 Å². The number of alkyl halides is 2. The largest absolute Gasteiger partial charge is 0.394 e. The molecule has 3 N–H and O–H groups in total. The maximum Gasteiger partial charge on any atom is 0.263 e. The number of rotatable bonds is 6. The molecule has 0 saturated heterocycles. The lowest BCUT2D eigenvalue weighted by atomic mass is 10.1.